The molecule has 0 saturated carbocycles. The number of nitrogen functional groups attached to an aromatic ring is 1. The van der Waals surface area contributed by atoms with Crippen LogP contribution in [0.2, 0.25) is 0 Å². The summed E-state index contributed by atoms with van der Waals surface area (Å²) in [5.74, 6) is -2.00. The maximum Gasteiger partial charge on any atom is 0.298 e. The average molecular weight is 708 g/mol. The average Bonchev–Trinajstić information content (AvgIpc) is 3.76. The number of piperidine rings is 1. The van der Waals surface area contributed by atoms with Gasteiger partial charge in [-0.25, -0.2) is 18.8 Å². The van der Waals surface area contributed by atoms with Gasteiger partial charge in [-0.3, -0.25) is 19.1 Å². The van der Waals surface area contributed by atoms with Crippen LogP contribution in [0.5, 0.6) is 0 Å². The summed E-state index contributed by atoms with van der Waals surface area (Å²) >= 11 is 1.18. The molecule has 0 bridgehead atoms. The number of anilines is 1. The Hall–Kier alpha value is -5.73. The number of benzene rings is 3. The molecular weight excluding hydrogens is 673 g/mol. The molecule has 1 saturated heterocycles. The number of hydrogen-bond donors (Lipinski definition) is 3. The van der Waals surface area contributed by atoms with Gasteiger partial charge in [-0.15, -0.1) is 11.3 Å². The topological polar surface area (TPSA) is 149 Å². The molecule has 51 heavy (non-hydrogen) atoms. The summed E-state index contributed by atoms with van der Waals surface area (Å²) in [6.45, 7) is 2.06. The molecule has 1 aliphatic rings. The molecular formula is C37H35F2N9O2S. The Labute approximate surface area is 295 Å². The van der Waals surface area contributed by atoms with Crippen LogP contribution in [-0.4, -0.2) is 69.8 Å². The number of nitrogens with two attached hydrogens (primary N) is 2. The van der Waals surface area contributed by atoms with Crippen LogP contribution in [0.15, 0.2) is 99.8 Å². The number of carbonyl (C=O) groups is 1. The quantitative estimate of drug-likeness (QED) is 0.131. The van der Waals surface area contributed by atoms with Crippen LogP contribution < -0.4 is 22.3 Å². The van der Waals surface area contributed by atoms with Crippen molar-refractivity contribution >= 4 is 57.0 Å². The lowest BCUT2D eigenvalue weighted by Gasteiger charge is -2.34. The Morgan fingerprint density at radius 2 is 1.82 bits per heavy atom. The molecule has 7 rings (SSSR count). The maximum atomic E-state index is 14.7. The highest BCUT2D eigenvalue weighted by molar-refractivity contribution is 7.20. The fraction of sp³-hybridized carbons (Fsp3) is 0.216. The number of aliphatic imine (C=N–C) groups is 2. The monoisotopic (exact) mass is 707 g/mol. The molecule has 6 aromatic rings. The number of halogens is 2. The van der Waals surface area contributed by atoms with Gasteiger partial charge in [0, 0.05) is 61.5 Å². The molecule has 5 N–H and O–H groups in total. The highest BCUT2D eigenvalue weighted by Crippen LogP contribution is 2.29. The number of aromatic nitrogens is 3. The summed E-state index contributed by atoms with van der Waals surface area (Å²) in [5.41, 5.74) is 14.3. The second-order valence-electron chi connectivity index (χ2n) is 12.4. The number of amides is 1. The van der Waals surface area contributed by atoms with E-state index in [0.717, 1.165) is 29.0 Å². The van der Waals surface area contributed by atoms with Gasteiger partial charge in [0.15, 0.2) is 5.82 Å². The summed E-state index contributed by atoms with van der Waals surface area (Å²) < 4.78 is 31.9. The van der Waals surface area contributed by atoms with E-state index >= 15 is 0 Å². The minimum Gasteiger partial charge on any atom is -0.390 e. The fourth-order valence-electron chi connectivity index (χ4n) is 6.61. The molecule has 1 fully saturated rings. The SMILES string of the molecule is NC=NC=NC[C@@H](CN1CCC(NC(=O)c2cc3c(nc(N)c(=O)n3-c3ccc4ccn(-c5ccccc5)c4c3)s2)CC1)c1ccc(F)cc1F. The molecule has 1 aliphatic heterocycles. The van der Waals surface area contributed by atoms with Crippen molar-refractivity contribution in [1.82, 2.24) is 24.3 Å². The van der Waals surface area contributed by atoms with Crippen molar-refractivity contribution in [3.8, 4) is 11.4 Å². The van der Waals surface area contributed by atoms with Crippen LogP contribution in [0.4, 0.5) is 14.6 Å². The van der Waals surface area contributed by atoms with Crippen molar-refractivity contribution in [1.29, 1.82) is 0 Å². The van der Waals surface area contributed by atoms with Crippen LogP contribution in [-0.2, 0) is 0 Å². The minimum atomic E-state index is -0.639. The zero-order chi connectivity index (χ0) is 35.5. The van der Waals surface area contributed by atoms with Crippen LogP contribution in [0.25, 0.3) is 32.6 Å². The molecule has 1 atom stereocenters. The van der Waals surface area contributed by atoms with Gasteiger partial charge in [0.05, 0.1) is 27.9 Å². The predicted octanol–water partition coefficient (Wildman–Crippen LogP) is 5.24. The first-order valence-electron chi connectivity index (χ1n) is 16.5. The van der Waals surface area contributed by atoms with E-state index in [0.29, 0.717) is 59.0 Å². The van der Waals surface area contributed by atoms with E-state index in [-0.39, 0.29) is 30.2 Å². The van der Waals surface area contributed by atoms with E-state index in [2.05, 4.69) is 29.8 Å². The predicted molar refractivity (Wildman–Crippen MR) is 199 cm³/mol. The van der Waals surface area contributed by atoms with E-state index in [1.165, 1.54) is 34.4 Å². The number of nitrogens with one attached hydrogen (secondary N) is 1. The zero-order valence-electron chi connectivity index (χ0n) is 27.5. The van der Waals surface area contributed by atoms with Gasteiger partial charge in [-0.2, -0.15) is 0 Å². The van der Waals surface area contributed by atoms with E-state index in [9.17, 15) is 18.4 Å². The van der Waals surface area contributed by atoms with Crippen LogP contribution in [0.1, 0.15) is 34.0 Å². The van der Waals surface area contributed by atoms with Gasteiger partial charge in [-0.1, -0.05) is 30.3 Å². The summed E-state index contributed by atoms with van der Waals surface area (Å²) in [4.78, 5) is 42.4. The molecule has 0 unspecified atom stereocenters. The molecule has 4 heterocycles. The lowest BCUT2D eigenvalue weighted by Crippen LogP contribution is -2.45. The highest BCUT2D eigenvalue weighted by atomic mass is 32.1. The summed E-state index contributed by atoms with van der Waals surface area (Å²) in [7, 11) is 0. The number of nitrogens with zero attached hydrogens (tertiary/aromatic N) is 6. The highest BCUT2D eigenvalue weighted by Gasteiger charge is 2.26. The number of thiophene rings is 1. The number of likely N-dealkylation sites (tertiary alicyclic amines) is 1. The first kappa shape index (κ1) is 33.8. The van der Waals surface area contributed by atoms with Crippen LogP contribution in [0, 0.1) is 11.6 Å². The van der Waals surface area contributed by atoms with Crippen molar-refractivity contribution < 1.29 is 13.6 Å². The third-order valence-corrected chi connectivity index (χ3v) is 10.2. The van der Waals surface area contributed by atoms with Gasteiger partial charge in [0.25, 0.3) is 11.5 Å². The van der Waals surface area contributed by atoms with Gasteiger partial charge in [-0.05, 0) is 60.9 Å². The third kappa shape index (κ3) is 7.14. The molecule has 1 amide bonds. The normalized spacial score (nSPS) is 15.0. The summed E-state index contributed by atoms with van der Waals surface area (Å²) in [6, 6.07) is 22.9. The fourth-order valence-corrected chi connectivity index (χ4v) is 7.54. The van der Waals surface area contributed by atoms with Gasteiger partial charge in [0.1, 0.15) is 22.8 Å². The first-order valence-corrected chi connectivity index (χ1v) is 17.3. The van der Waals surface area contributed by atoms with E-state index in [1.54, 1.807) is 6.07 Å². The number of para-hydroxylation sites is 1. The van der Waals surface area contributed by atoms with Crippen LogP contribution >= 0.6 is 11.3 Å². The smallest absolute Gasteiger partial charge is 0.298 e. The Morgan fingerprint density at radius 1 is 1.02 bits per heavy atom. The molecule has 11 nitrogen and oxygen atoms in total. The van der Waals surface area contributed by atoms with E-state index in [4.69, 9.17) is 11.5 Å². The van der Waals surface area contributed by atoms with Gasteiger partial charge >= 0.3 is 0 Å². The second-order valence-corrected chi connectivity index (χ2v) is 13.4. The first-order chi connectivity index (χ1) is 24.8. The lowest BCUT2D eigenvalue weighted by molar-refractivity contribution is 0.0913. The van der Waals surface area contributed by atoms with Crippen molar-refractivity contribution in [2.45, 2.75) is 24.8 Å². The third-order valence-electron chi connectivity index (χ3n) is 9.14. The second kappa shape index (κ2) is 14.6. The molecule has 3 aromatic carbocycles. The molecule has 3 aromatic heterocycles. The van der Waals surface area contributed by atoms with E-state index < -0.39 is 17.2 Å². The standard InChI is InChI=1S/C37H35F2N9O2S/c38-25-7-9-29(30(39)16-25)24(19-42-22-43-21-40)20-46-13-11-26(12-14-46)44-35(49)33-18-32-36(51-33)45-34(41)37(50)48(32)28-8-6-23-10-15-47(31(23)17-28)27-4-2-1-3-5-27/h1-10,15-18,21-22,24,26H,11-14,19-20H2,(H2,41,45)(H,44,49)(H2,40,42,43)/t24-/m0/s1. The van der Waals surface area contributed by atoms with Crippen molar-refractivity contribution in [2.24, 2.45) is 15.7 Å². The number of rotatable bonds is 10. The Bertz CT molecular complexity index is 2330. The Morgan fingerprint density at radius 3 is 2.59 bits per heavy atom. The number of hydrogen-bond acceptors (Lipinski definition) is 7. The molecule has 0 radical (unpaired) electrons. The molecule has 260 valence electrons. The number of fused-ring (bicyclic) bond motifs is 2. The van der Waals surface area contributed by atoms with Crippen molar-refractivity contribution in [3.63, 3.8) is 0 Å². The maximum absolute atomic E-state index is 14.7. The van der Waals surface area contributed by atoms with Gasteiger partial charge in [0.2, 0.25) is 0 Å². The number of carbonyl (C=O) groups excluding carboxylic acids is 1. The van der Waals surface area contributed by atoms with Crippen molar-refractivity contribution in [2.75, 3.05) is 31.9 Å². The zero-order valence-corrected chi connectivity index (χ0v) is 28.3. The summed E-state index contributed by atoms with van der Waals surface area (Å²) in [6.07, 6.45) is 5.76. The van der Waals surface area contributed by atoms with Gasteiger partial charge < -0.3 is 26.3 Å². The lowest BCUT2D eigenvalue weighted by atomic mass is 9.96. The summed E-state index contributed by atoms with van der Waals surface area (Å²) in [5, 5.41) is 4.15. The van der Waals surface area contributed by atoms with E-state index in [1.807, 2.05) is 60.8 Å². The molecule has 0 spiro atoms. The van der Waals surface area contributed by atoms with Crippen LogP contribution in [0.3, 0.4) is 0 Å². The Balaban J connectivity index is 1.07. The van der Waals surface area contributed by atoms with Crippen molar-refractivity contribution in [3.05, 3.63) is 117 Å². The largest absolute Gasteiger partial charge is 0.390 e. The molecule has 0 aliphatic carbocycles. The Kier molecular flexibility index (Phi) is 9.68. The molecule has 14 heteroatoms. The minimum absolute atomic E-state index is 0.0923.